The van der Waals surface area contributed by atoms with Crippen molar-refractivity contribution in [2.45, 2.75) is 32.2 Å². The second-order valence-electron chi connectivity index (χ2n) is 6.82. The average Bonchev–Trinajstić information content (AvgIpc) is 2.61. The first-order chi connectivity index (χ1) is 12.7. The van der Waals surface area contributed by atoms with E-state index in [9.17, 15) is 18.3 Å². The molecule has 1 fully saturated rings. The Morgan fingerprint density at radius 3 is 2.52 bits per heavy atom. The number of aliphatic hydroxyl groups is 1. The van der Waals surface area contributed by atoms with Crippen LogP contribution >= 0.6 is 0 Å². The molecule has 1 aliphatic heterocycles. The topological polar surface area (TPSA) is 65.4 Å². The number of hydrogen-bond acceptors (Lipinski definition) is 6. The van der Waals surface area contributed by atoms with Crippen LogP contribution in [0.1, 0.15) is 19.5 Å². The molecule has 2 aromatic rings. The number of pyridine rings is 1. The first kappa shape index (κ1) is 19.5. The van der Waals surface area contributed by atoms with Crippen LogP contribution in [0.5, 0.6) is 0 Å². The van der Waals surface area contributed by atoms with Crippen LogP contribution < -0.4 is 4.90 Å². The first-order valence-electron chi connectivity index (χ1n) is 8.78. The molecule has 3 heterocycles. The molecule has 146 valence electrons. The van der Waals surface area contributed by atoms with Crippen molar-refractivity contribution in [1.29, 1.82) is 0 Å². The van der Waals surface area contributed by atoms with E-state index in [1.165, 1.54) is 12.4 Å². The second kappa shape index (κ2) is 7.77. The molecule has 9 heteroatoms. The number of aromatic nitrogens is 3. The van der Waals surface area contributed by atoms with Gasteiger partial charge in [-0.05, 0) is 26.0 Å². The number of β-amino-alcohol motifs (C(OH)–C–C–N with tert-alkyl or cyclic N) is 1. The van der Waals surface area contributed by atoms with Crippen molar-refractivity contribution in [3.63, 3.8) is 0 Å². The summed E-state index contributed by atoms with van der Waals surface area (Å²) in [4.78, 5) is 16.0. The molecular weight excluding hydrogens is 359 g/mol. The van der Waals surface area contributed by atoms with E-state index in [1.807, 2.05) is 11.8 Å². The van der Waals surface area contributed by atoms with Gasteiger partial charge >= 0.3 is 6.18 Å². The lowest BCUT2D eigenvalue weighted by Crippen LogP contribution is -2.53. The molecule has 6 nitrogen and oxygen atoms in total. The van der Waals surface area contributed by atoms with E-state index in [0.717, 1.165) is 6.07 Å². The summed E-state index contributed by atoms with van der Waals surface area (Å²) >= 11 is 0. The summed E-state index contributed by atoms with van der Waals surface area (Å²) in [5.74, 6) is 0.286. The predicted molar refractivity (Wildman–Crippen MR) is 95.2 cm³/mol. The smallest absolute Gasteiger partial charge is 0.392 e. The number of rotatable bonds is 4. The molecule has 0 radical (unpaired) electrons. The molecule has 0 aliphatic carbocycles. The van der Waals surface area contributed by atoms with Crippen LogP contribution in [0.25, 0.3) is 11.4 Å². The molecule has 1 saturated heterocycles. The Hall–Kier alpha value is -2.26. The Morgan fingerprint density at radius 2 is 1.93 bits per heavy atom. The fraction of sp³-hybridized carbons (Fsp3) is 0.500. The van der Waals surface area contributed by atoms with Crippen molar-refractivity contribution in [3.05, 3.63) is 36.3 Å². The van der Waals surface area contributed by atoms with Crippen LogP contribution in [0, 0.1) is 0 Å². The van der Waals surface area contributed by atoms with Crippen molar-refractivity contribution in [3.8, 4) is 11.4 Å². The molecule has 3 rings (SSSR count). The van der Waals surface area contributed by atoms with Gasteiger partial charge in [-0.15, -0.1) is 0 Å². The summed E-state index contributed by atoms with van der Waals surface area (Å²) in [5.41, 5.74) is -0.476. The van der Waals surface area contributed by atoms with Crippen LogP contribution in [0.3, 0.4) is 0 Å². The molecule has 2 aromatic heterocycles. The number of aliphatic hydroxyl groups excluding tert-OH is 1. The van der Waals surface area contributed by atoms with Crippen molar-refractivity contribution >= 4 is 5.82 Å². The van der Waals surface area contributed by atoms with Gasteiger partial charge in [0.05, 0.1) is 6.10 Å². The number of halogens is 3. The minimum atomic E-state index is -4.56. The Bertz CT molecular complexity index is 769. The summed E-state index contributed by atoms with van der Waals surface area (Å²) < 4.78 is 40.1. The maximum atomic E-state index is 13.4. The Kier molecular flexibility index (Phi) is 5.61. The van der Waals surface area contributed by atoms with E-state index < -0.39 is 18.0 Å². The van der Waals surface area contributed by atoms with Gasteiger partial charge in [0, 0.05) is 56.2 Å². The van der Waals surface area contributed by atoms with Gasteiger partial charge in [-0.3, -0.25) is 9.88 Å². The predicted octanol–water partition coefficient (Wildman–Crippen LogP) is 2.45. The quantitative estimate of drug-likeness (QED) is 0.878. The molecule has 0 aromatic carbocycles. The largest absolute Gasteiger partial charge is 0.433 e. The van der Waals surface area contributed by atoms with Crippen molar-refractivity contribution in [2.24, 2.45) is 0 Å². The Balaban J connectivity index is 1.93. The van der Waals surface area contributed by atoms with E-state index >= 15 is 0 Å². The molecular formula is C18H22F3N5O. The molecule has 2 unspecified atom stereocenters. The Morgan fingerprint density at radius 1 is 1.22 bits per heavy atom. The Labute approximate surface area is 155 Å². The lowest BCUT2D eigenvalue weighted by molar-refractivity contribution is -0.141. The molecule has 1 N–H and O–H groups in total. The highest BCUT2D eigenvalue weighted by molar-refractivity contribution is 5.58. The highest BCUT2D eigenvalue weighted by atomic mass is 19.4. The van der Waals surface area contributed by atoms with Crippen molar-refractivity contribution in [2.75, 3.05) is 31.1 Å². The van der Waals surface area contributed by atoms with E-state index in [1.54, 1.807) is 19.1 Å². The molecule has 0 bridgehead atoms. The maximum Gasteiger partial charge on any atom is 0.433 e. The third kappa shape index (κ3) is 4.72. The van der Waals surface area contributed by atoms with Gasteiger partial charge in [0.2, 0.25) is 0 Å². The van der Waals surface area contributed by atoms with Crippen LogP contribution in [-0.2, 0) is 6.18 Å². The minimum Gasteiger partial charge on any atom is -0.392 e. The van der Waals surface area contributed by atoms with Gasteiger partial charge in [0.15, 0.2) is 11.5 Å². The number of anilines is 1. The highest BCUT2D eigenvalue weighted by Gasteiger charge is 2.35. The van der Waals surface area contributed by atoms with E-state index in [2.05, 4.69) is 19.9 Å². The van der Waals surface area contributed by atoms with E-state index in [-0.39, 0.29) is 17.7 Å². The van der Waals surface area contributed by atoms with Gasteiger partial charge in [-0.2, -0.15) is 13.2 Å². The van der Waals surface area contributed by atoms with Gasteiger partial charge in [0.25, 0.3) is 0 Å². The normalized spacial score (nSPS) is 19.9. The summed E-state index contributed by atoms with van der Waals surface area (Å²) in [6.45, 7) is 6.01. The van der Waals surface area contributed by atoms with Crippen LogP contribution in [-0.4, -0.2) is 63.3 Å². The molecule has 27 heavy (non-hydrogen) atoms. The molecule has 0 saturated carbocycles. The van der Waals surface area contributed by atoms with Gasteiger partial charge in [-0.1, -0.05) is 0 Å². The number of nitrogens with zero attached hydrogens (tertiary/aromatic N) is 5. The zero-order valence-corrected chi connectivity index (χ0v) is 15.2. The molecule has 1 aliphatic rings. The lowest BCUT2D eigenvalue weighted by Gasteiger charge is -2.41. The third-order valence-corrected chi connectivity index (χ3v) is 4.47. The van der Waals surface area contributed by atoms with Gasteiger partial charge < -0.3 is 10.0 Å². The van der Waals surface area contributed by atoms with Gasteiger partial charge in [-0.25, -0.2) is 9.97 Å². The fourth-order valence-corrected chi connectivity index (χ4v) is 3.27. The third-order valence-electron chi connectivity index (χ3n) is 4.47. The second-order valence-corrected chi connectivity index (χ2v) is 6.82. The number of hydrogen-bond donors (Lipinski definition) is 1. The molecule has 0 amide bonds. The van der Waals surface area contributed by atoms with Gasteiger partial charge in [0.1, 0.15) is 5.82 Å². The number of alkyl halides is 3. The maximum absolute atomic E-state index is 13.4. The summed E-state index contributed by atoms with van der Waals surface area (Å²) in [6, 6.07) is 4.14. The van der Waals surface area contributed by atoms with E-state index in [0.29, 0.717) is 31.7 Å². The van der Waals surface area contributed by atoms with Crippen LogP contribution in [0.2, 0.25) is 0 Å². The lowest BCUT2D eigenvalue weighted by atomic mass is 10.1. The summed E-state index contributed by atoms with van der Waals surface area (Å²) in [7, 11) is 0. The monoisotopic (exact) mass is 381 g/mol. The SMILES string of the molecule is CC(O)CN1CCN(c2cc(C(F)(F)F)nc(-c3ccncc3)n2)C(C)C1. The summed E-state index contributed by atoms with van der Waals surface area (Å²) in [6.07, 6.45) is -2.01. The molecule has 2 atom stereocenters. The zero-order chi connectivity index (χ0) is 19.6. The zero-order valence-electron chi connectivity index (χ0n) is 15.2. The van der Waals surface area contributed by atoms with E-state index in [4.69, 9.17) is 0 Å². The average molecular weight is 381 g/mol. The van der Waals surface area contributed by atoms with Crippen molar-refractivity contribution in [1.82, 2.24) is 19.9 Å². The van der Waals surface area contributed by atoms with Crippen LogP contribution in [0.15, 0.2) is 30.6 Å². The fourth-order valence-electron chi connectivity index (χ4n) is 3.27. The molecule has 0 spiro atoms. The highest BCUT2D eigenvalue weighted by Crippen LogP contribution is 2.32. The first-order valence-corrected chi connectivity index (χ1v) is 8.78. The number of piperazine rings is 1. The standard InChI is InChI=1S/C18H22F3N5O/c1-12-10-25(11-13(2)27)7-8-26(12)16-9-15(18(19,20)21)23-17(24-16)14-3-5-22-6-4-14/h3-6,9,12-13,27H,7-8,10-11H2,1-2H3. The van der Waals surface area contributed by atoms with Crippen LogP contribution in [0.4, 0.5) is 19.0 Å². The van der Waals surface area contributed by atoms with Crippen molar-refractivity contribution < 1.29 is 18.3 Å². The summed E-state index contributed by atoms with van der Waals surface area (Å²) in [5, 5.41) is 9.56. The minimum absolute atomic E-state index is 0.0286.